The number of carbonyl (C=O) groups is 1. The molecule has 4 nitrogen and oxygen atoms in total. The largest absolute Gasteiger partial charge is 0.356 e. The predicted molar refractivity (Wildman–Crippen MR) is 92.6 cm³/mol. The lowest BCUT2D eigenvalue weighted by molar-refractivity contribution is -0.642. The number of ketones is 1. The zero-order chi connectivity index (χ0) is 16.4. The van der Waals surface area contributed by atoms with Crippen molar-refractivity contribution in [2.45, 2.75) is 26.4 Å². The van der Waals surface area contributed by atoms with Gasteiger partial charge in [-0.25, -0.2) is 9.13 Å². The summed E-state index contributed by atoms with van der Waals surface area (Å²) in [6, 6.07) is 14.9. The maximum atomic E-state index is 12.6. The van der Waals surface area contributed by atoms with E-state index in [4.69, 9.17) is 17.3 Å². The van der Waals surface area contributed by atoms with Gasteiger partial charge in [0, 0.05) is 10.6 Å². The molecule has 0 spiro atoms. The van der Waals surface area contributed by atoms with Crippen LogP contribution in [0.5, 0.6) is 0 Å². The fraction of sp³-hybridized carbons (Fsp3) is 0.222. The molecule has 0 bridgehead atoms. The van der Waals surface area contributed by atoms with Crippen LogP contribution < -0.4 is 10.3 Å². The number of Topliss-reactive ketones (excluding diaryl/α,β-unsaturated/α-hetero) is 1. The van der Waals surface area contributed by atoms with Gasteiger partial charge in [0.05, 0.1) is 6.54 Å². The van der Waals surface area contributed by atoms with E-state index in [9.17, 15) is 4.79 Å². The molecule has 2 N–H and O–H groups in total. The van der Waals surface area contributed by atoms with Crippen molar-refractivity contribution in [3.63, 3.8) is 0 Å². The highest BCUT2D eigenvalue weighted by Gasteiger charge is 2.22. The van der Waals surface area contributed by atoms with Crippen molar-refractivity contribution in [1.82, 2.24) is 4.57 Å². The first-order valence-corrected chi connectivity index (χ1v) is 8.05. The number of hydrogen-bond acceptors (Lipinski definition) is 2. The number of benzene rings is 2. The summed E-state index contributed by atoms with van der Waals surface area (Å²) in [6.07, 6.45) is 0.980. The highest BCUT2D eigenvalue weighted by atomic mass is 35.5. The third-order valence-corrected chi connectivity index (χ3v) is 4.18. The van der Waals surface area contributed by atoms with E-state index in [0.717, 1.165) is 24.0 Å². The maximum Gasteiger partial charge on any atom is 0.356 e. The van der Waals surface area contributed by atoms with Crippen molar-refractivity contribution in [1.29, 1.82) is 0 Å². The van der Waals surface area contributed by atoms with Crippen LogP contribution in [-0.2, 0) is 13.1 Å². The fourth-order valence-electron chi connectivity index (χ4n) is 2.81. The number of nitrogens with zero attached hydrogens (tertiary/aromatic N) is 2. The Morgan fingerprint density at radius 2 is 1.87 bits per heavy atom. The van der Waals surface area contributed by atoms with Crippen LogP contribution in [0.25, 0.3) is 11.0 Å². The molecule has 0 saturated heterocycles. The molecule has 0 aliphatic heterocycles. The van der Waals surface area contributed by atoms with Gasteiger partial charge in [-0.15, -0.1) is 0 Å². The molecule has 5 heteroatoms. The summed E-state index contributed by atoms with van der Waals surface area (Å²) in [5, 5.41) is 0.619. The Labute approximate surface area is 140 Å². The van der Waals surface area contributed by atoms with Gasteiger partial charge < -0.3 is 0 Å². The molecule has 0 saturated carbocycles. The Hall–Kier alpha value is -2.33. The van der Waals surface area contributed by atoms with Gasteiger partial charge in [-0.3, -0.25) is 10.5 Å². The van der Waals surface area contributed by atoms with E-state index in [-0.39, 0.29) is 12.3 Å². The highest BCUT2D eigenvalue weighted by molar-refractivity contribution is 6.30. The molecule has 3 aromatic rings. The van der Waals surface area contributed by atoms with Crippen LogP contribution in [0.1, 0.15) is 23.7 Å². The monoisotopic (exact) mass is 328 g/mol. The molecule has 1 aromatic heterocycles. The summed E-state index contributed by atoms with van der Waals surface area (Å²) in [4.78, 5) is 12.6. The average Bonchev–Trinajstić information content (AvgIpc) is 2.82. The minimum Gasteiger partial charge on any atom is -0.291 e. The molecule has 118 valence electrons. The lowest BCUT2D eigenvalue weighted by atomic mass is 10.1. The highest BCUT2D eigenvalue weighted by Crippen LogP contribution is 2.17. The average molecular weight is 329 g/mol. The van der Waals surface area contributed by atoms with Crippen LogP contribution in [0.4, 0.5) is 5.95 Å². The van der Waals surface area contributed by atoms with Gasteiger partial charge >= 0.3 is 5.95 Å². The Bertz CT molecular complexity index is 853. The second-order valence-corrected chi connectivity index (χ2v) is 5.95. The quantitative estimate of drug-likeness (QED) is 0.576. The molecule has 0 atom stereocenters. The van der Waals surface area contributed by atoms with E-state index in [1.807, 2.05) is 28.8 Å². The minimum absolute atomic E-state index is 0.0118. The van der Waals surface area contributed by atoms with Crippen LogP contribution >= 0.6 is 11.6 Å². The number of rotatable bonds is 5. The van der Waals surface area contributed by atoms with Gasteiger partial charge in [-0.05, 0) is 42.8 Å². The van der Waals surface area contributed by atoms with Crippen LogP contribution in [0.15, 0.2) is 48.5 Å². The van der Waals surface area contributed by atoms with Crippen LogP contribution in [0.2, 0.25) is 5.02 Å². The fourth-order valence-corrected chi connectivity index (χ4v) is 2.93. The number of para-hydroxylation sites is 2. The lowest BCUT2D eigenvalue weighted by Crippen LogP contribution is -2.40. The number of halogens is 1. The van der Waals surface area contributed by atoms with E-state index < -0.39 is 0 Å². The molecular weight excluding hydrogens is 310 g/mol. The van der Waals surface area contributed by atoms with Gasteiger partial charge in [0.15, 0.2) is 5.78 Å². The van der Waals surface area contributed by atoms with E-state index >= 15 is 0 Å². The third-order valence-electron chi connectivity index (χ3n) is 3.93. The summed E-state index contributed by atoms with van der Waals surface area (Å²) in [7, 11) is 0. The zero-order valence-corrected chi connectivity index (χ0v) is 13.8. The van der Waals surface area contributed by atoms with Crippen molar-refractivity contribution in [2.75, 3.05) is 5.73 Å². The van der Waals surface area contributed by atoms with E-state index in [1.54, 1.807) is 24.3 Å². The molecule has 0 radical (unpaired) electrons. The molecule has 1 heterocycles. The van der Waals surface area contributed by atoms with E-state index in [0.29, 0.717) is 16.5 Å². The molecule has 2 aromatic carbocycles. The van der Waals surface area contributed by atoms with E-state index in [2.05, 4.69) is 11.5 Å². The van der Waals surface area contributed by atoms with Gasteiger partial charge in [0.1, 0.15) is 17.6 Å². The normalized spacial score (nSPS) is 11.0. The topological polar surface area (TPSA) is 51.9 Å². The Balaban J connectivity index is 2.01. The zero-order valence-electron chi connectivity index (χ0n) is 13.0. The SMILES string of the molecule is CCCn1c(N)[n+](CC(=O)c2ccc(Cl)cc2)c2ccccc21. The predicted octanol–water partition coefficient (Wildman–Crippen LogP) is 3.46. The number of aromatic nitrogens is 2. The Kier molecular flexibility index (Phi) is 4.35. The Morgan fingerprint density at radius 3 is 2.57 bits per heavy atom. The summed E-state index contributed by atoms with van der Waals surface area (Å²) >= 11 is 5.88. The number of nitrogen functional groups attached to an aromatic ring is 1. The van der Waals surface area contributed by atoms with Gasteiger partial charge in [0.2, 0.25) is 0 Å². The molecule has 0 amide bonds. The first-order valence-electron chi connectivity index (χ1n) is 7.67. The van der Waals surface area contributed by atoms with Crippen molar-refractivity contribution in [2.24, 2.45) is 0 Å². The lowest BCUT2D eigenvalue weighted by Gasteiger charge is -2.02. The first-order chi connectivity index (χ1) is 11.1. The smallest absolute Gasteiger partial charge is 0.291 e. The molecule has 0 fully saturated rings. The number of hydrogen-bond donors (Lipinski definition) is 1. The first kappa shape index (κ1) is 15.6. The number of nitrogens with two attached hydrogens (primary N) is 1. The Morgan fingerprint density at radius 1 is 1.17 bits per heavy atom. The van der Waals surface area contributed by atoms with Crippen LogP contribution in [0.3, 0.4) is 0 Å². The standard InChI is InChI=1S/C18H18ClN3O/c1-2-11-21-15-5-3-4-6-16(15)22(18(21)20)12-17(23)13-7-9-14(19)10-8-13/h3-10,20H,2,11-12H2,1H3/p+1. The molecular formula is C18H19ClN3O+. The van der Waals surface area contributed by atoms with Crippen molar-refractivity contribution >= 4 is 34.4 Å². The summed E-state index contributed by atoms with van der Waals surface area (Å²) in [5.74, 6) is 0.619. The van der Waals surface area contributed by atoms with Gasteiger partial charge in [-0.2, -0.15) is 0 Å². The molecule has 0 unspecified atom stereocenters. The van der Waals surface area contributed by atoms with Crippen molar-refractivity contribution < 1.29 is 9.36 Å². The van der Waals surface area contributed by atoms with Crippen molar-refractivity contribution in [3.8, 4) is 0 Å². The summed E-state index contributed by atoms with van der Waals surface area (Å²) in [6.45, 7) is 3.15. The molecule has 23 heavy (non-hydrogen) atoms. The minimum atomic E-state index is 0.0118. The number of carbonyl (C=O) groups excluding carboxylic acids is 1. The second-order valence-electron chi connectivity index (χ2n) is 5.51. The maximum absolute atomic E-state index is 12.6. The third kappa shape index (κ3) is 2.94. The number of aryl methyl sites for hydroxylation is 1. The van der Waals surface area contributed by atoms with Gasteiger partial charge in [-0.1, -0.05) is 30.7 Å². The summed E-state index contributed by atoms with van der Waals surface area (Å²) < 4.78 is 3.94. The molecule has 0 aliphatic carbocycles. The number of imidazole rings is 1. The summed E-state index contributed by atoms with van der Waals surface area (Å²) in [5.41, 5.74) is 8.96. The van der Waals surface area contributed by atoms with Crippen LogP contribution in [0, 0.1) is 0 Å². The van der Waals surface area contributed by atoms with E-state index in [1.165, 1.54) is 0 Å². The molecule has 0 aliphatic rings. The molecule has 3 rings (SSSR count). The second kappa shape index (κ2) is 6.42. The van der Waals surface area contributed by atoms with Crippen LogP contribution in [-0.4, -0.2) is 10.4 Å². The van der Waals surface area contributed by atoms with Gasteiger partial charge in [0.25, 0.3) is 0 Å². The van der Waals surface area contributed by atoms with Crippen molar-refractivity contribution in [3.05, 3.63) is 59.1 Å². The number of anilines is 1. The number of fused-ring (bicyclic) bond motifs is 1.